The van der Waals surface area contributed by atoms with Crippen molar-refractivity contribution in [2.24, 2.45) is 0 Å². The summed E-state index contributed by atoms with van der Waals surface area (Å²) < 4.78 is 5.41. The van der Waals surface area contributed by atoms with E-state index in [-0.39, 0.29) is 22.9 Å². The predicted octanol–water partition coefficient (Wildman–Crippen LogP) is 2.97. The third kappa shape index (κ3) is 3.37. The largest absolute Gasteiger partial charge is 0.490 e. The molecule has 1 rings (SSSR count). The molecule has 5 heteroatoms. The first-order chi connectivity index (χ1) is 8.43. The van der Waals surface area contributed by atoms with E-state index in [1.165, 1.54) is 12.1 Å². The predicted molar refractivity (Wildman–Crippen MR) is 69.4 cm³/mol. The smallest absolute Gasteiger partial charge is 0.341 e. The van der Waals surface area contributed by atoms with Gasteiger partial charge in [0.25, 0.3) is 0 Å². The summed E-state index contributed by atoms with van der Waals surface area (Å²) in [7, 11) is 0. The van der Waals surface area contributed by atoms with Gasteiger partial charge in [0.15, 0.2) is 0 Å². The molecular weight excluding hydrogens is 256 g/mol. The molecule has 1 aromatic carbocycles. The SMILES string of the molecule is CCC(O)(CC)COc1cccc(Cl)c1C(=O)O. The van der Waals surface area contributed by atoms with Crippen LogP contribution in [0.25, 0.3) is 0 Å². The summed E-state index contributed by atoms with van der Waals surface area (Å²) in [6.45, 7) is 3.74. The first-order valence-electron chi connectivity index (χ1n) is 5.80. The Bertz CT molecular complexity index is 427. The van der Waals surface area contributed by atoms with Crippen molar-refractivity contribution in [3.05, 3.63) is 28.8 Å². The second-order valence-corrected chi connectivity index (χ2v) is 4.55. The van der Waals surface area contributed by atoms with E-state index in [1.54, 1.807) is 6.07 Å². The lowest BCUT2D eigenvalue weighted by atomic mass is 9.99. The minimum Gasteiger partial charge on any atom is -0.490 e. The molecule has 0 unspecified atom stereocenters. The maximum absolute atomic E-state index is 11.1. The quantitative estimate of drug-likeness (QED) is 0.835. The van der Waals surface area contributed by atoms with Crippen LogP contribution in [0.2, 0.25) is 5.02 Å². The van der Waals surface area contributed by atoms with Gasteiger partial charge in [-0.05, 0) is 25.0 Å². The van der Waals surface area contributed by atoms with Crippen molar-refractivity contribution in [2.75, 3.05) is 6.61 Å². The summed E-state index contributed by atoms with van der Waals surface area (Å²) in [4.78, 5) is 11.1. The molecule has 0 aliphatic heterocycles. The van der Waals surface area contributed by atoms with Crippen molar-refractivity contribution in [3.8, 4) is 5.75 Å². The highest BCUT2D eigenvalue weighted by atomic mass is 35.5. The minimum atomic E-state index is -1.15. The molecule has 0 atom stereocenters. The van der Waals surface area contributed by atoms with Crippen molar-refractivity contribution < 1.29 is 19.7 Å². The number of rotatable bonds is 6. The number of carboxylic acids is 1. The summed E-state index contributed by atoms with van der Waals surface area (Å²) in [6.07, 6.45) is 1.07. The molecule has 0 saturated heterocycles. The normalized spacial score (nSPS) is 11.3. The molecule has 4 nitrogen and oxygen atoms in total. The maximum Gasteiger partial charge on any atom is 0.341 e. The van der Waals surface area contributed by atoms with E-state index < -0.39 is 11.6 Å². The summed E-state index contributed by atoms with van der Waals surface area (Å²) in [5.74, 6) is -0.970. The first-order valence-corrected chi connectivity index (χ1v) is 6.18. The van der Waals surface area contributed by atoms with E-state index in [2.05, 4.69) is 0 Å². The standard InChI is InChI=1S/C13H17ClO4/c1-3-13(17,4-2)8-18-10-7-5-6-9(14)11(10)12(15)16/h5-7,17H,3-4,8H2,1-2H3,(H,15,16). The Balaban J connectivity index is 2.92. The van der Waals surface area contributed by atoms with Crippen molar-refractivity contribution in [3.63, 3.8) is 0 Å². The molecule has 2 N–H and O–H groups in total. The summed E-state index contributed by atoms with van der Waals surface area (Å²) in [6, 6.07) is 4.63. The Kier molecular flexibility index (Phi) is 4.99. The van der Waals surface area contributed by atoms with E-state index in [9.17, 15) is 9.90 Å². The monoisotopic (exact) mass is 272 g/mol. The Morgan fingerprint density at radius 1 is 1.39 bits per heavy atom. The highest BCUT2D eigenvalue weighted by Gasteiger charge is 2.24. The van der Waals surface area contributed by atoms with Gasteiger partial charge in [0, 0.05) is 0 Å². The van der Waals surface area contributed by atoms with E-state index in [0.717, 1.165) is 0 Å². The molecular formula is C13H17ClO4. The molecule has 0 saturated carbocycles. The van der Waals surface area contributed by atoms with Crippen LogP contribution in [-0.2, 0) is 0 Å². The van der Waals surface area contributed by atoms with E-state index in [4.69, 9.17) is 21.4 Å². The van der Waals surface area contributed by atoms with Crippen LogP contribution in [0, 0.1) is 0 Å². The number of aliphatic hydroxyl groups is 1. The van der Waals surface area contributed by atoms with Crippen LogP contribution in [0.4, 0.5) is 0 Å². The van der Waals surface area contributed by atoms with Crippen molar-refractivity contribution in [1.29, 1.82) is 0 Å². The number of hydrogen-bond acceptors (Lipinski definition) is 3. The number of aromatic carboxylic acids is 1. The average molecular weight is 273 g/mol. The van der Waals surface area contributed by atoms with Gasteiger partial charge < -0.3 is 14.9 Å². The van der Waals surface area contributed by atoms with Gasteiger partial charge in [0.2, 0.25) is 0 Å². The van der Waals surface area contributed by atoms with E-state index in [1.807, 2.05) is 13.8 Å². The molecule has 0 fully saturated rings. The van der Waals surface area contributed by atoms with Crippen molar-refractivity contribution in [2.45, 2.75) is 32.3 Å². The van der Waals surface area contributed by atoms with Crippen LogP contribution in [-0.4, -0.2) is 28.4 Å². The Morgan fingerprint density at radius 3 is 2.50 bits per heavy atom. The molecule has 0 amide bonds. The molecule has 0 bridgehead atoms. The molecule has 100 valence electrons. The molecule has 0 aliphatic rings. The van der Waals surface area contributed by atoms with Crippen LogP contribution in [0.5, 0.6) is 5.75 Å². The van der Waals surface area contributed by atoms with Gasteiger partial charge in [-0.2, -0.15) is 0 Å². The van der Waals surface area contributed by atoms with E-state index >= 15 is 0 Å². The highest BCUT2D eigenvalue weighted by Crippen LogP contribution is 2.27. The van der Waals surface area contributed by atoms with Crippen LogP contribution < -0.4 is 4.74 Å². The third-order valence-corrected chi connectivity index (χ3v) is 3.32. The summed E-state index contributed by atoms with van der Waals surface area (Å²) in [5, 5.41) is 19.3. The van der Waals surface area contributed by atoms with Crippen LogP contribution >= 0.6 is 11.6 Å². The number of halogens is 1. The fraction of sp³-hybridized carbons (Fsp3) is 0.462. The first kappa shape index (κ1) is 14.8. The molecule has 0 heterocycles. The van der Waals surface area contributed by atoms with Gasteiger partial charge in [-0.15, -0.1) is 0 Å². The van der Waals surface area contributed by atoms with Gasteiger partial charge in [0.05, 0.1) is 10.6 Å². The second-order valence-electron chi connectivity index (χ2n) is 4.14. The molecule has 0 spiro atoms. The van der Waals surface area contributed by atoms with Gasteiger partial charge in [-0.25, -0.2) is 4.79 Å². The molecule has 18 heavy (non-hydrogen) atoms. The Labute approximate surface area is 111 Å². The zero-order valence-electron chi connectivity index (χ0n) is 10.4. The van der Waals surface area contributed by atoms with Crippen molar-refractivity contribution in [1.82, 2.24) is 0 Å². The van der Waals surface area contributed by atoms with Crippen LogP contribution in [0.1, 0.15) is 37.0 Å². The highest BCUT2D eigenvalue weighted by molar-refractivity contribution is 6.33. The number of carboxylic acid groups (broad SMARTS) is 1. The summed E-state index contributed by atoms with van der Waals surface area (Å²) >= 11 is 5.82. The topological polar surface area (TPSA) is 66.8 Å². The molecule has 0 aliphatic carbocycles. The lowest BCUT2D eigenvalue weighted by Gasteiger charge is -2.25. The third-order valence-electron chi connectivity index (χ3n) is 3.00. The lowest BCUT2D eigenvalue weighted by Crippen LogP contribution is -2.34. The maximum atomic E-state index is 11.1. The molecule has 0 aromatic heterocycles. The molecule has 1 aromatic rings. The Morgan fingerprint density at radius 2 is 2.00 bits per heavy atom. The van der Waals surface area contributed by atoms with Crippen LogP contribution in [0.3, 0.4) is 0 Å². The lowest BCUT2D eigenvalue weighted by molar-refractivity contribution is -0.0117. The second kappa shape index (κ2) is 6.07. The van der Waals surface area contributed by atoms with Gasteiger partial charge in [-0.1, -0.05) is 31.5 Å². The van der Waals surface area contributed by atoms with Crippen molar-refractivity contribution >= 4 is 17.6 Å². The van der Waals surface area contributed by atoms with Gasteiger partial charge in [-0.3, -0.25) is 0 Å². The van der Waals surface area contributed by atoms with Gasteiger partial charge >= 0.3 is 5.97 Å². The minimum absolute atomic E-state index is 0.0423. The number of benzene rings is 1. The Hall–Kier alpha value is -1.26. The van der Waals surface area contributed by atoms with E-state index in [0.29, 0.717) is 12.8 Å². The molecule has 0 radical (unpaired) electrons. The summed E-state index contributed by atoms with van der Waals surface area (Å²) in [5.41, 5.74) is -1.02. The number of hydrogen-bond donors (Lipinski definition) is 2. The average Bonchev–Trinajstić information content (AvgIpc) is 2.35. The zero-order valence-corrected chi connectivity index (χ0v) is 11.2. The number of ether oxygens (including phenoxy) is 1. The number of carbonyl (C=O) groups is 1. The fourth-order valence-electron chi connectivity index (χ4n) is 1.50. The van der Waals surface area contributed by atoms with Gasteiger partial charge in [0.1, 0.15) is 17.9 Å². The zero-order chi connectivity index (χ0) is 13.8. The van der Waals surface area contributed by atoms with Crippen LogP contribution in [0.15, 0.2) is 18.2 Å². The fourth-order valence-corrected chi connectivity index (χ4v) is 1.75.